The van der Waals surface area contributed by atoms with Crippen LogP contribution in [0.1, 0.15) is 29.7 Å². The molecule has 2 heteroatoms. The van der Waals surface area contributed by atoms with Crippen molar-refractivity contribution in [1.82, 2.24) is 10.3 Å². The molecule has 0 radical (unpaired) electrons. The van der Waals surface area contributed by atoms with Gasteiger partial charge in [0.05, 0.1) is 6.04 Å². The van der Waals surface area contributed by atoms with Crippen molar-refractivity contribution in [1.29, 1.82) is 0 Å². The minimum atomic E-state index is 0.231. The summed E-state index contributed by atoms with van der Waals surface area (Å²) in [4.78, 5) is 4.23. The molecular weight excluding hydrogens is 208 g/mol. The Bertz CT molecular complexity index is 465. The third-order valence-corrected chi connectivity index (χ3v) is 2.93. The van der Waals surface area contributed by atoms with Gasteiger partial charge in [-0.1, -0.05) is 37.3 Å². The first kappa shape index (κ1) is 11.8. The highest BCUT2D eigenvalue weighted by Crippen LogP contribution is 2.23. The van der Waals surface area contributed by atoms with Crippen LogP contribution in [0.25, 0.3) is 0 Å². The number of aromatic nitrogens is 1. The Morgan fingerprint density at radius 3 is 2.59 bits per heavy atom. The number of rotatable bonds is 4. The number of benzene rings is 1. The predicted octanol–water partition coefficient (Wildman–Crippen LogP) is 3.09. The quantitative estimate of drug-likeness (QED) is 0.866. The van der Waals surface area contributed by atoms with Gasteiger partial charge in [-0.15, -0.1) is 0 Å². The van der Waals surface area contributed by atoms with Gasteiger partial charge in [-0.2, -0.15) is 0 Å². The van der Waals surface area contributed by atoms with E-state index >= 15 is 0 Å². The van der Waals surface area contributed by atoms with Crippen LogP contribution in [0.5, 0.6) is 0 Å². The van der Waals surface area contributed by atoms with E-state index in [0.717, 1.165) is 6.54 Å². The summed E-state index contributed by atoms with van der Waals surface area (Å²) in [6, 6.07) is 12.8. The third-order valence-electron chi connectivity index (χ3n) is 2.93. The summed E-state index contributed by atoms with van der Waals surface area (Å²) in [5.41, 5.74) is 3.81. The van der Waals surface area contributed by atoms with Crippen LogP contribution in [0.15, 0.2) is 48.8 Å². The van der Waals surface area contributed by atoms with Crippen LogP contribution in [0.2, 0.25) is 0 Å². The monoisotopic (exact) mass is 226 g/mol. The Morgan fingerprint density at radius 1 is 1.18 bits per heavy atom. The van der Waals surface area contributed by atoms with Crippen molar-refractivity contribution >= 4 is 0 Å². The summed E-state index contributed by atoms with van der Waals surface area (Å²) >= 11 is 0. The largest absolute Gasteiger partial charge is 0.306 e. The molecule has 0 saturated carbocycles. The fraction of sp³-hybridized carbons (Fsp3) is 0.267. The van der Waals surface area contributed by atoms with Gasteiger partial charge in [-0.25, -0.2) is 0 Å². The van der Waals surface area contributed by atoms with Gasteiger partial charge in [-0.3, -0.25) is 4.98 Å². The molecule has 2 aromatic rings. The van der Waals surface area contributed by atoms with Crippen molar-refractivity contribution in [2.75, 3.05) is 6.54 Å². The van der Waals surface area contributed by atoms with Gasteiger partial charge in [0.1, 0.15) is 0 Å². The number of hydrogen-bond donors (Lipinski definition) is 1. The molecule has 0 aliphatic rings. The van der Waals surface area contributed by atoms with Gasteiger partial charge in [0.25, 0.3) is 0 Å². The van der Waals surface area contributed by atoms with E-state index < -0.39 is 0 Å². The number of nitrogens with zero attached hydrogens (tertiary/aromatic N) is 1. The van der Waals surface area contributed by atoms with Gasteiger partial charge in [-0.05, 0) is 36.2 Å². The van der Waals surface area contributed by atoms with Crippen molar-refractivity contribution in [2.24, 2.45) is 0 Å². The Balaban J connectivity index is 2.39. The predicted molar refractivity (Wildman–Crippen MR) is 70.9 cm³/mol. The molecule has 1 N–H and O–H groups in total. The van der Waals surface area contributed by atoms with Crippen LogP contribution in [0, 0.1) is 6.92 Å². The van der Waals surface area contributed by atoms with Crippen molar-refractivity contribution in [3.8, 4) is 0 Å². The number of pyridine rings is 1. The third kappa shape index (κ3) is 2.71. The minimum absolute atomic E-state index is 0.231. The van der Waals surface area contributed by atoms with E-state index in [9.17, 15) is 0 Å². The molecule has 17 heavy (non-hydrogen) atoms. The first-order valence-electron chi connectivity index (χ1n) is 6.01. The van der Waals surface area contributed by atoms with Crippen LogP contribution in [0.3, 0.4) is 0 Å². The van der Waals surface area contributed by atoms with E-state index in [1.54, 1.807) is 0 Å². The summed E-state index contributed by atoms with van der Waals surface area (Å²) < 4.78 is 0. The lowest BCUT2D eigenvalue weighted by atomic mass is 9.97. The van der Waals surface area contributed by atoms with Crippen LogP contribution in [-0.2, 0) is 0 Å². The SMILES string of the molecule is CCNC(c1ccccc1)c1cnccc1C. The maximum absolute atomic E-state index is 4.23. The molecule has 0 bridgehead atoms. The number of nitrogens with one attached hydrogen (secondary N) is 1. The zero-order valence-electron chi connectivity index (χ0n) is 10.4. The zero-order chi connectivity index (χ0) is 12.1. The molecule has 1 aromatic heterocycles. The smallest absolute Gasteiger partial charge is 0.0594 e. The summed E-state index contributed by atoms with van der Waals surface area (Å²) in [6.07, 6.45) is 3.79. The van der Waals surface area contributed by atoms with Crippen LogP contribution >= 0.6 is 0 Å². The molecule has 1 aromatic carbocycles. The van der Waals surface area contributed by atoms with Crippen LogP contribution in [-0.4, -0.2) is 11.5 Å². The first-order valence-corrected chi connectivity index (χ1v) is 6.01. The van der Waals surface area contributed by atoms with E-state index in [4.69, 9.17) is 0 Å². The average molecular weight is 226 g/mol. The van der Waals surface area contributed by atoms with Gasteiger partial charge < -0.3 is 5.32 Å². The lowest BCUT2D eigenvalue weighted by Gasteiger charge is -2.20. The number of hydrogen-bond acceptors (Lipinski definition) is 2. The summed E-state index contributed by atoms with van der Waals surface area (Å²) in [7, 11) is 0. The molecule has 2 rings (SSSR count). The van der Waals surface area contributed by atoms with E-state index in [2.05, 4.69) is 54.5 Å². The van der Waals surface area contributed by atoms with Gasteiger partial charge in [0.2, 0.25) is 0 Å². The van der Waals surface area contributed by atoms with Crippen molar-refractivity contribution in [2.45, 2.75) is 19.9 Å². The molecule has 1 unspecified atom stereocenters. The minimum Gasteiger partial charge on any atom is -0.306 e. The lowest BCUT2D eigenvalue weighted by Crippen LogP contribution is -2.22. The lowest BCUT2D eigenvalue weighted by molar-refractivity contribution is 0.625. The second-order valence-corrected chi connectivity index (χ2v) is 4.13. The molecule has 1 heterocycles. The molecule has 0 spiro atoms. The van der Waals surface area contributed by atoms with E-state index in [-0.39, 0.29) is 6.04 Å². The molecule has 0 aliphatic heterocycles. The summed E-state index contributed by atoms with van der Waals surface area (Å²) in [5, 5.41) is 3.52. The Hall–Kier alpha value is -1.67. The second-order valence-electron chi connectivity index (χ2n) is 4.13. The Labute approximate surface area is 103 Å². The average Bonchev–Trinajstić information content (AvgIpc) is 2.38. The molecule has 0 aliphatic carbocycles. The fourth-order valence-corrected chi connectivity index (χ4v) is 2.04. The maximum atomic E-state index is 4.23. The van der Waals surface area contributed by atoms with Crippen LogP contribution in [0.4, 0.5) is 0 Å². The highest BCUT2D eigenvalue weighted by Gasteiger charge is 2.14. The molecule has 2 nitrogen and oxygen atoms in total. The molecule has 0 fully saturated rings. The highest BCUT2D eigenvalue weighted by atomic mass is 14.9. The Kier molecular flexibility index (Phi) is 3.89. The zero-order valence-corrected chi connectivity index (χ0v) is 10.4. The molecule has 0 saturated heterocycles. The number of aryl methyl sites for hydroxylation is 1. The summed E-state index contributed by atoms with van der Waals surface area (Å²) in [5.74, 6) is 0. The van der Waals surface area contributed by atoms with Gasteiger partial charge in [0, 0.05) is 12.4 Å². The van der Waals surface area contributed by atoms with Crippen molar-refractivity contribution in [3.63, 3.8) is 0 Å². The maximum Gasteiger partial charge on any atom is 0.0594 e. The van der Waals surface area contributed by atoms with Crippen molar-refractivity contribution in [3.05, 3.63) is 65.5 Å². The highest BCUT2D eigenvalue weighted by molar-refractivity contribution is 5.34. The van der Waals surface area contributed by atoms with Crippen molar-refractivity contribution < 1.29 is 0 Å². The van der Waals surface area contributed by atoms with E-state index in [1.165, 1.54) is 16.7 Å². The second kappa shape index (κ2) is 5.60. The molecule has 0 amide bonds. The Morgan fingerprint density at radius 2 is 1.94 bits per heavy atom. The van der Waals surface area contributed by atoms with E-state index in [0.29, 0.717) is 0 Å². The molecular formula is C15H18N2. The van der Waals surface area contributed by atoms with E-state index in [1.807, 2.05) is 18.5 Å². The standard InChI is InChI=1S/C15H18N2/c1-3-17-15(13-7-5-4-6-8-13)14-11-16-10-9-12(14)2/h4-11,15,17H,3H2,1-2H3. The fourth-order valence-electron chi connectivity index (χ4n) is 2.04. The molecule has 88 valence electrons. The normalized spacial score (nSPS) is 12.4. The first-order chi connectivity index (χ1) is 8.33. The van der Waals surface area contributed by atoms with Gasteiger partial charge >= 0.3 is 0 Å². The van der Waals surface area contributed by atoms with Crippen LogP contribution < -0.4 is 5.32 Å². The van der Waals surface area contributed by atoms with Gasteiger partial charge in [0.15, 0.2) is 0 Å². The topological polar surface area (TPSA) is 24.9 Å². The molecule has 1 atom stereocenters. The summed E-state index contributed by atoms with van der Waals surface area (Å²) in [6.45, 7) is 5.19.